The number of piperazine rings is 1. The van der Waals surface area contributed by atoms with Crippen molar-refractivity contribution in [3.63, 3.8) is 0 Å². The number of ether oxygens (including phenoxy) is 1. The number of aromatic nitrogens is 4. The van der Waals surface area contributed by atoms with Gasteiger partial charge >= 0.3 is 0 Å². The van der Waals surface area contributed by atoms with Crippen LogP contribution in [0.5, 0.6) is 5.75 Å². The fourth-order valence-corrected chi connectivity index (χ4v) is 5.59. The summed E-state index contributed by atoms with van der Waals surface area (Å²) < 4.78 is 7.41. The lowest BCUT2D eigenvalue weighted by molar-refractivity contribution is 0.200. The highest BCUT2D eigenvalue weighted by atomic mass is 32.1. The van der Waals surface area contributed by atoms with Crippen LogP contribution in [0.3, 0.4) is 0 Å². The lowest BCUT2D eigenvalue weighted by atomic mass is 10.1. The molecule has 3 aromatic rings. The Balaban J connectivity index is 1.36. The summed E-state index contributed by atoms with van der Waals surface area (Å²) in [5.74, 6) is 1.90. The number of hydrogen-bond acceptors (Lipinski definition) is 7. The highest BCUT2D eigenvalue weighted by molar-refractivity contribution is 7.10. The molecule has 158 valence electrons. The molecular formula is C22H28N6OS. The monoisotopic (exact) mass is 424 g/mol. The highest BCUT2D eigenvalue weighted by Crippen LogP contribution is 2.36. The van der Waals surface area contributed by atoms with Crippen LogP contribution in [0.2, 0.25) is 0 Å². The van der Waals surface area contributed by atoms with Crippen LogP contribution in [0.4, 0.5) is 5.69 Å². The number of thiophene rings is 1. The van der Waals surface area contributed by atoms with E-state index in [1.807, 2.05) is 12.1 Å². The van der Waals surface area contributed by atoms with Gasteiger partial charge in [-0.3, -0.25) is 4.90 Å². The van der Waals surface area contributed by atoms with Gasteiger partial charge in [0.25, 0.3) is 0 Å². The van der Waals surface area contributed by atoms with Crippen LogP contribution in [0.1, 0.15) is 48.5 Å². The second kappa shape index (κ2) is 8.73. The second-order valence-electron chi connectivity index (χ2n) is 8.06. The summed E-state index contributed by atoms with van der Waals surface area (Å²) in [6.45, 7) is 3.93. The number of tetrazole rings is 1. The molecule has 2 aliphatic rings. The molecule has 0 spiro atoms. The number of hydrogen-bond donors (Lipinski definition) is 0. The molecule has 0 bridgehead atoms. The predicted octanol–water partition coefficient (Wildman–Crippen LogP) is 3.77. The molecule has 7 nitrogen and oxygen atoms in total. The topological polar surface area (TPSA) is 59.3 Å². The number of rotatable bonds is 6. The van der Waals surface area contributed by atoms with E-state index in [9.17, 15) is 0 Å². The third-order valence-electron chi connectivity index (χ3n) is 6.36. The van der Waals surface area contributed by atoms with Crippen molar-refractivity contribution in [3.05, 3.63) is 52.5 Å². The van der Waals surface area contributed by atoms with E-state index < -0.39 is 0 Å². The minimum atomic E-state index is 0.124. The van der Waals surface area contributed by atoms with Crippen molar-refractivity contribution in [1.29, 1.82) is 0 Å². The number of methoxy groups -OCH3 is 1. The van der Waals surface area contributed by atoms with Gasteiger partial charge in [0.15, 0.2) is 5.82 Å². The van der Waals surface area contributed by atoms with E-state index in [-0.39, 0.29) is 6.04 Å². The first kappa shape index (κ1) is 19.5. The van der Waals surface area contributed by atoms with Crippen molar-refractivity contribution >= 4 is 17.0 Å². The van der Waals surface area contributed by atoms with Crippen LogP contribution < -0.4 is 9.64 Å². The molecule has 0 unspecified atom stereocenters. The van der Waals surface area contributed by atoms with Crippen molar-refractivity contribution < 1.29 is 4.74 Å². The van der Waals surface area contributed by atoms with Gasteiger partial charge in [-0.05, 0) is 59.0 Å². The van der Waals surface area contributed by atoms with Crippen molar-refractivity contribution in [2.45, 2.75) is 37.8 Å². The Kier molecular flexibility index (Phi) is 5.68. The minimum Gasteiger partial charge on any atom is -0.497 e. The van der Waals surface area contributed by atoms with Crippen molar-refractivity contribution in [2.24, 2.45) is 0 Å². The first-order valence-corrected chi connectivity index (χ1v) is 11.7. The van der Waals surface area contributed by atoms with E-state index in [2.05, 4.69) is 59.7 Å². The molecule has 1 aromatic carbocycles. The smallest absolute Gasteiger partial charge is 0.174 e. The predicted molar refractivity (Wildman–Crippen MR) is 118 cm³/mol. The van der Waals surface area contributed by atoms with Crippen LogP contribution in [-0.2, 0) is 0 Å². The minimum absolute atomic E-state index is 0.124. The van der Waals surface area contributed by atoms with Gasteiger partial charge in [-0.1, -0.05) is 18.9 Å². The maximum absolute atomic E-state index is 5.29. The van der Waals surface area contributed by atoms with E-state index in [0.29, 0.717) is 6.04 Å². The summed E-state index contributed by atoms with van der Waals surface area (Å²) >= 11 is 1.80. The van der Waals surface area contributed by atoms with Gasteiger partial charge in [-0.15, -0.1) is 16.4 Å². The standard InChI is InChI=1S/C22H28N6OS/c1-29-19-10-8-17(9-11-19)26-12-14-27(15-13-26)21(20-7-4-16-30-20)22-23-24-25-28(22)18-5-2-3-6-18/h4,7-11,16,18,21H,2-3,5-6,12-15H2,1H3/t21-/m0/s1. The Morgan fingerprint density at radius 1 is 1.03 bits per heavy atom. The van der Waals surface area contributed by atoms with Crippen LogP contribution in [-0.4, -0.2) is 58.4 Å². The summed E-state index contributed by atoms with van der Waals surface area (Å²) in [5, 5.41) is 15.2. The first-order valence-electron chi connectivity index (χ1n) is 10.8. The molecule has 8 heteroatoms. The molecule has 5 rings (SSSR count). The SMILES string of the molecule is COc1ccc(N2CCN([C@@H](c3cccs3)c3nnnn3C3CCCC3)CC2)cc1. The molecule has 1 saturated heterocycles. The van der Waals surface area contributed by atoms with E-state index in [1.54, 1.807) is 18.4 Å². The molecule has 0 radical (unpaired) electrons. The molecular weight excluding hydrogens is 396 g/mol. The number of anilines is 1. The first-order chi connectivity index (χ1) is 14.8. The van der Waals surface area contributed by atoms with Crippen LogP contribution >= 0.6 is 11.3 Å². The zero-order valence-corrected chi connectivity index (χ0v) is 18.2. The van der Waals surface area contributed by atoms with Crippen molar-refractivity contribution in [1.82, 2.24) is 25.1 Å². The summed E-state index contributed by atoms with van der Waals surface area (Å²) in [6.07, 6.45) is 4.91. The van der Waals surface area contributed by atoms with Gasteiger partial charge in [-0.25, -0.2) is 4.68 Å². The normalized spacial score (nSPS) is 19.3. The molecule has 2 fully saturated rings. The molecule has 1 saturated carbocycles. The quantitative estimate of drug-likeness (QED) is 0.600. The lowest BCUT2D eigenvalue weighted by Crippen LogP contribution is -2.48. The Morgan fingerprint density at radius 2 is 1.80 bits per heavy atom. The van der Waals surface area contributed by atoms with Crippen LogP contribution in [0.25, 0.3) is 0 Å². The third-order valence-corrected chi connectivity index (χ3v) is 7.29. The molecule has 2 aromatic heterocycles. The number of nitrogens with zero attached hydrogens (tertiary/aromatic N) is 6. The van der Waals surface area contributed by atoms with E-state index in [1.165, 1.54) is 36.2 Å². The molecule has 0 N–H and O–H groups in total. The molecule has 30 heavy (non-hydrogen) atoms. The fourth-order valence-electron chi connectivity index (χ4n) is 4.74. The van der Waals surface area contributed by atoms with Crippen molar-refractivity contribution in [3.8, 4) is 5.75 Å². The fraction of sp³-hybridized carbons (Fsp3) is 0.500. The van der Waals surface area contributed by atoms with E-state index >= 15 is 0 Å². The Bertz CT molecular complexity index is 927. The lowest BCUT2D eigenvalue weighted by Gasteiger charge is -2.39. The largest absolute Gasteiger partial charge is 0.497 e. The van der Waals surface area contributed by atoms with E-state index in [4.69, 9.17) is 4.74 Å². The van der Waals surface area contributed by atoms with E-state index in [0.717, 1.165) is 37.8 Å². The van der Waals surface area contributed by atoms with Crippen LogP contribution in [0.15, 0.2) is 41.8 Å². The van der Waals surface area contributed by atoms with Gasteiger partial charge < -0.3 is 9.64 Å². The maximum atomic E-state index is 5.29. The molecule has 3 heterocycles. The second-order valence-corrected chi connectivity index (χ2v) is 9.04. The zero-order chi connectivity index (χ0) is 20.3. The van der Waals surface area contributed by atoms with Gasteiger partial charge in [0.2, 0.25) is 0 Å². The molecule has 1 aliphatic carbocycles. The average Bonchev–Trinajstić information content (AvgIpc) is 3.57. The van der Waals surface area contributed by atoms with Gasteiger partial charge in [0.1, 0.15) is 11.8 Å². The number of benzene rings is 1. The summed E-state index contributed by atoms with van der Waals surface area (Å²) in [4.78, 5) is 6.31. The Hall–Kier alpha value is -2.45. The Morgan fingerprint density at radius 3 is 2.47 bits per heavy atom. The van der Waals surface area contributed by atoms with Gasteiger partial charge in [0.05, 0.1) is 13.2 Å². The summed E-state index contributed by atoms with van der Waals surface area (Å²) in [6, 6.07) is 13.3. The zero-order valence-electron chi connectivity index (χ0n) is 17.4. The van der Waals surface area contributed by atoms with Gasteiger partial charge in [-0.2, -0.15) is 0 Å². The summed E-state index contributed by atoms with van der Waals surface area (Å²) in [7, 11) is 1.71. The Labute approximate surface area is 181 Å². The molecule has 1 aliphatic heterocycles. The van der Waals surface area contributed by atoms with Gasteiger partial charge in [0, 0.05) is 36.7 Å². The molecule has 0 amide bonds. The highest BCUT2D eigenvalue weighted by Gasteiger charge is 2.33. The maximum Gasteiger partial charge on any atom is 0.174 e. The molecule has 1 atom stereocenters. The van der Waals surface area contributed by atoms with Crippen LogP contribution in [0, 0.1) is 0 Å². The van der Waals surface area contributed by atoms with Crippen molar-refractivity contribution in [2.75, 3.05) is 38.2 Å². The summed E-state index contributed by atoms with van der Waals surface area (Å²) in [5.41, 5.74) is 1.25. The average molecular weight is 425 g/mol. The third kappa shape index (κ3) is 3.81.